The number of aliphatic hydroxyl groups excluding tert-OH is 2. The van der Waals surface area contributed by atoms with Crippen LogP contribution in [0.1, 0.15) is 24.8 Å². The van der Waals surface area contributed by atoms with Crippen molar-refractivity contribution in [2.24, 2.45) is 5.10 Å². The molecule has 4 rings (SSSR count). The standard InChI is InChI=1S/C19H22ClN5O4/c1-19(28)14(27)18(29-15(19)13(26)10-3-5-11(20)6-4-10)25-8-7-12-16(24-21-2)22-9-23-17(12)25/h3-9,13-15,18,21,26-28H,1-2H3,(H,22,23,24)/t13-,14+,15-,18-,19+/m1/s1. The van der Waals surface area contributed by atoms with Gasteiger partial charge in [0.15, 0.2) is 11.7 Å². The number of hydrogen-bond donors (Lipinski definition) is 5. The SMILES string of the molecule is CN/N=c1/nc[nH]c2c1ccn2[C@@H]1O[C@H]([C@H](O)c2ccc(Cl)cc2)[C@@](C)(O)[C@H]1O. The molecule has 154 valence electrons. The van der Waals surface area contributed by atoms with E-state index < -0.39 is 30.1 Å². The molecule has 1 aliphatic rings. The van der Waals surface area contributed by atoms with Crippen LogP contribution in [0.2, 0.25) is 5.02 Å². The Hall–Kier alpha value is -2.43. The Balaban J connectivity index is 1.72. The van der Waals surface area contributed by atoms with E-state index in [4.69, 9.17) is 16.3 Å². The zero-order valence-electron chi connectivity index (χ0n) is 15.8. The van der Waals surface area contributed by atoms with Crippen molar-refractivity contribution < 1.29 is 20.1 Å². The van der Waals surface area contributed by atoms with Gasteiger partial charge in [-0.1, -0.05) is 23.7 Å². The zero-order chi connectivity index (χ0) is 20.8. The fourth-order valence-electron chi connectivity index (χ4n) is 3.68. The minimum absolute atomic E-state index is 0.469. The molecule has 0 aliphatic carbocycles. The molecule has 1 saturated heterocycles. The first-order chi connectivity index (χ1) is 13.8. The van der Waals surface area contributed by atoms with E-state index >= 15 is 0 Å². The largest absolute Gasteiger partial charge is 0.386 e. The van der Waals surface area contributed by atoms with Gasteiger partial charge in [0.2, 0.25) is 0 Å². The summed E-state index contributed by atoms with van der Waals surface area (Å²) in [6.45, 7) is 1.44. The van der Waals surface area contributed by atoms with Crippen molar-refractivity contribution in [1.29, 1.82) is 0 Å². The molecule has 10 heteroatoms. The molecule has 0 unspecified atom stereocenters. The first-order valence-electron chi connectivity index (χ1n) is 9.08. The van der Waals surface area contributed by atoms with Crippen molar-refractivity contribution in [3.63, 3.8) is 0 Å². The number of nitrogens with zero attached hydrogens (tertiary/aromatic N) is 3. The summed E-state index contributed by atoms with van der Waals surface area (Å²) in [5, 5.41) is 38.0. The third-order valence-corrected chi connectivity index (χ3v) is 5.52. The summed E-state index contributed by atoms with van der Waals surface area (Å²) in [5.41, 5.74) is 2.59. The molecule has 9 nitrogen and oxygen atoms in total. The Morgan fingerprint density at radius 3 is 2.76 bits per heavy atom. The van der Waals surface area contributed by atoms with E-state index in [1.807, 2.05) is 0 Å². The molecule has 1 aromatic carbocycles. The lowest BCUT2D eigenvalue weighted by atomic mass is 9.88. The molecule has 3 aromatic rings. The number of benzene rings is 1. The predicted molar refractivity (Wildman–Crippen MR) is 106 cm³/mol. The van der Waals surface area contributed by atoms with Gasteiger partial charge in [-0.3, -0.25) is 0 Å². The van der Waals surface area contributed by atoms with Gasteiger partial charge in [-0.2, -0.15) is 5.10 Å². The highest BCUT2D eigenvalue weighted by Gasteiger charge is 2.55. The fraction of sp³-hybridized carbons (Fsp3) is 0.368. The molecular weight excluding hydrogens is 398 g/mol. The summed E-state index contributed by atoms with van der Waals surface area (Å²) >= 11 is 5.91. The molecule has 29 heavy (non-hydrogen) atoms. The Bertz CT molecular complexity index is 1080. The van der Waals surface area contributed by atoms with Gasteiger partial charge >= 0.3 is 0 Å². The van der Waals surface area contributed by atoms with E-state index in [1.54, 1.807) is 48.1 Å². The summed E-state index contributed by atoms with van der Waals surface area (Å²) in [4.78, 5) is 7.19. The first kappa shape index (κ1) is 19.9. The maximum atomic E-state index is 11.0. The van der Waals surface area contributed by atoms with Crippen molar-refractivity contribution in [3.8, 4) is 0 Å². The quantitative estimate of drug-likeness (QED) is 0.398. The average molecular weight is 420 g/mol. The normalized spacial score (nSPS) is 28.8. The second-order valence-electron chi connectivity index (χ2n) is 7.16. The van der Waals surface area contributed by atoms with Crippen LogP contribution in [0.3, 0.4) is 0 Å². The smallest absolute Gasteiger partial charge is 0.184 e. The first-order valence-corrected chi connectivity index (χ1v) is 9.46. The van der Waals surface area contributed by atoms with E-state index in [1.165, 1.54) is 13.3 Å². The molecule has 5 atom stereocenters. The van der Waals surface area contributed by atoms with E-state index in [2.05, 4.69) is 20.5 Å². The van der Waals surface area contributed by atoms with E-state index in [0.717, 1.165) is 0 Å². The van der Waals surface area contributed by atoms with Crippen LogP contribution in [0.15, 0.2) is 48.0 Å². The van der Waals surface area contributed by atoms with Crippen LogP contribution in [-0.4, -0.2) is 54.7 Å². The number of halogens is 1. The molecule has 0 bridgehead atoms. The van der Waals surface area contributed by atoms with Crippen molar-refractivity contribution in [1.82, 2.24) is 20.0 Å². The van der Waals surface area contributed by atoms with Gasteiger partial charge in [0.05, 0.1) is 11.7 Å². The van der Waals surface area contributed by atoms with Gasteiger partial charge < -0.3 is 35.0 Å². The molecule has 3 heterocycles. The molecule has 0 amide bonds. The monoisotopic (exact) mass is 419 g/mol. The highest BCUT2D eigenvalue weighted by Crippen LogP contribution is 2.43. The summed E-state index contributed by atoms with van der Waals surface area (Å²) in [6, 6.07) is 8.38. The molecule has 1 aliphatic heterocycles. The minimum atomic E-state index is -1.70. The second-order valence-corrected chi connectivity index (χ2v) is 7.60. The summed E-state index contributed by atoms with van der Waals surface area (Å²) in [5.74, 6) is 0. The van der Waals surface area contributed by atoms with Crippen LogP contribution in [-0.2, 0) is 4.74 Å². The predicted octanol–water partition coefficient (Wildman–Crippen LogP) is 0.796. The summed E-state index contributed by atoms with van der Waals surface area (Å²) in [7, 11) is 1.67. The Morgan fingerprint density at radius 2 is 2.07 bits per heavy atom. The summed E-state index contributed by atoms with van der Waals surface area (Å²) < 4.78 is 7.63. The Morgan fingerprint density at radius 1 is 1.34 bits per heavy atom. The van der Waals surface area contributed by atoms with Crippen LogP contribution in [0.5, 0.6) is 0 Å². The molecule has 5 N–H and O–H groups in total. The van der Waals surface area contributed by atoms with Crippen LogP contribution in [0.25, 0.3) is 11.0 Å². The van der Waals surface area contributed by atoms with Gasteiger partial charge in [-0.15, -0.1) is 0 Å². The topological polar surface area (TPSA) is 128 Å². The maximum absolute atomic E-state index is 11.0. The summed E-state index contributed by atoms with van der Waals surface area (Å²) in [6.07, 6.45) is -1.27. The molecule has 1 fully saturated rings. The van der Waals surface area contributed by atoms with Gasteiger partial charge in [-0.25, -0.2) is 4.98 Å². The number of aliphatic hydroxyl groups is 3. The van der Waals surface area contributed by atoms with Gasteiger partial charge in [0, 0.05) is 18.3 Å². The van der Waals surface area contributed by atoms with E-state index in [-0.39, 0.29) is 0 Å². The molecule has 2 aromatic heterocycles. The Labute approximate surface area is 171 Å². The van der Waals surface area contributed by atoms with Crippen LogP contribution >= 0.6 is 11.6 Å². The van der Waals surface area contributed by atoms with Gasteiger partial charge in [0.1, 0.15) is 29.6 Å². The highest BCUT2D eigenvalue weighted by atomic mass is 35.5. The van der Waals surface area contributed by atoms with E-state index in [0.29, 0.717) is 27.1 Å². The maximum Gasteiger partial charge on any atom is 0.184 e. The fourth-order valence-corrected chi connectivity index (χ4v) is 3.80. The van der Waals surface area contributed by atoms with Crippen LogP contribution in [0, 0.1) is 0 Å². The molecular formula is C19H22ClN5O4. The Kier molecular flexibility index (Phi) is 5.09. The minimum Gasteiger partial charge on any atom is -0.386 e. The number of aromatic amines is 1. The van der Waals surface area contributed by atoms with Crippen molar-refractivity contribution in [2.75, 3.05) is 7.05 Å². The van der Waals surface area contributed by atoms with E-state index in [9.17, 15) is 15.3 Å². The zero-order valence-corrected chi connectivity index (χ0v) is 16.6. The lowest BCUT2D eigenvalue weighted by molar-refractivity contribution is -0.115. The van der Waals surface area contributed by atoms with Gasteiger partial charge in [0.25, 0.3) is 0 Å². The molecule has 0 radical (unpaired) electrons. The lowest BCUT2D eigenvalue weighted by Crippen LogP contribution is -2.47. The molecule has 0 spiro atoms. The number of hydrogen-bond acceptors (Lipinski definition) is 7. The third kappa shape index (κ3) is 3.30. The lowest BCUT2D eigenvalue weighted by Gasteiger charge is -2.29. The number of ether oxygens (including phenoxy) is 1. The average Bonchev–Trinajstić information content (AvgIpc) is 3.22. The van der Waals surface area contributed by atoms with Crippen LogP contribution in [0.4, 0.5) is 0 Å². The molecule has 0 saturated carbocycles. The van der Waals surface area contributed by atoms with Crippen molar-refractivity contribution in [3.05, 3.63) is 58.9 Å². The number of aromatic nitrogens is 3. The third-order valence-electron chi connectivity index (χ3n) is 5.27. The van der Waals surface area contributed by atoms with Gasteiger partial charge in [-0.05, 0) is 30.7 Å². The van der Waals surface area contributed by atoms with Crippen LogP contribution < -0.4 is 10.9 Å². The number of fused-ring (bicyclic) bond motifs is 1. The number of rotatable bonds is 4. The number of nitrogens with one attached hydrogen (secondary N) is 2. The number of H-pyrrole nitrogens is 1. The highest BCUT2D eigenvalue weighted by molar-refractivity contribution is 6.30. The van der Waals surface area contributed by atoms with Crippen molar-refractivity contribution >= 4 is 22.6 Å². The second kappa shape index (κ2) is 7.43. The van der Waals surface area contributed by atoms with Crippen molar-refractivity contribution in [2.45, 2.75) is 37.1 Å².